The second-order valence-electron chi connectivity index (χ2n) is 5.91. The number of piperazine rings is 1. The lowest BCUT2D eigenvalue weighted by molar-refractivity contribution is -0.144. The van der Waals surface area contributed by atoms with Crippen LogP contribution in [0.3, 0.4) is 0 Å². The number of hydrogen-bond acceptors (Lipinski definition) is 5. The van der Waals surface area contributed by atoms with E-state index < -0.39 is 0 Å². The Morgan fingerprint density at radius 3 is 2.59 bits per heavy atom. The summed E-state index contributed by atoms with van der Waals surface area (Å²) in [6.07, 6.45) is 5.01. The van der Waals surface area contributed by atoms with Gasteiger partial charge in [-0.15, -0.1) is 0 Å². The molecule has 1 unspecified atom stereocenters. The van der Waals surface area contributed by atoms with Crippen LogP contribution in [0.1, 0.15) is 38.9 Å². The maximum absolute atomic E-state index is 11.5. The standard InChI is InChI=1S/C16H28N4O2/c1-4-14(3)20-13-17-10-15(20)11-18-6-8-19(9-7-18)12-16(21)22-5-2/h10,13-14H,4-9,11-12H2,1-3H3. The highest BCUT2D eigenvalue weighted by Gasteiger charge is 2.20. The largest absolute Gasteiger partial charge is 0.465 e. The number of ether oxygens (including phenoxy) is 1. The fraction of sp³-hybridized carbons (Fsp3) is 0.750. The van der Waals surface area contributed by atoms with Crippen LogP contribution in [0.15, 0.2) is 12.5 Å². The fourth-order valence-electron chi connectivity index (χ4n) is 2.77. The number of hydrogen-bond donors (Lipinski definition) is 0. The summed E-state index contributed by atoms with van der Waals surface area (Å²) >= 11 is 0. The molecule has 1 saturated heterocycles. The molecule has 0 saturated carbocycles. The van der Waals surface area contributed by atoms with E-state index in [9.17, 15) is 4.79 Å². The number of rotatable bonds is 7. The van der Waals surface area contributed by atoms with Gasteiger partial charge in [0, 0.05) is 45.0 Å². The lowest BCUT2D eigenvalue weighted by atomic mass is 10.2. The van der Waals surface area contributed by atoms with Crippen LogP contribution in [0, 0.1) is 0 Å². The molecular weight excluding hydrogens is 280 g/mol. The smallest absolute Gasteiger partial charge is 0.320 e. The monoisotopic (exact) mass is 308 g/mol. The molecule has 6 nitrogen and oxygen atoms in total. The van der Waals surface area contributed by atoms with Crippen LogP contribution in [0.4, 0.5) is 0 Å². The number of aromatic nitrogens is 2. The molecule has 1 aliphatic heterocycles. The first-order valence-electron chi connectivity index (χ1n) is 8.25. The first kappa shape index (κ1) is 17.0. The Kier molecular flexibility index (Phi) is 6.39. The van der Waals surface area contributed by atoms with Gasteiger partial charge in [0.2, 0.25) is 0 Å². The topological polar surface area (TPSA) is 50.6 Å². The van der Waals surface area contributed by atoms with Gasteiger partial charge in [-0.05, 0) is 20.3 Å². The van der Waals surface area contributed by atoms with Gasteiger partial charge in [-0.1, -0.05) is 6.92 Å². The molecule has 0 amide bonds. The molecule has 0 spiro atoms. The number of nitrogens with zero attached hydrogens (tertiary/aromatic N) is 4. The van der Waals surface area contributed by atoms with E-state index in [1.807, 2.05) is 19.4 Å². The van der Waals surface area contributed by atoms with Gasteiger partial charge in [0.1, 0.15) is 0 Å². The summed E-state index contributed by atoms with van der Waals surface area (Å²) in [7, 11) is 0. The lowest BCUT2D eigenvalue weighted by Crippen LogP contribution is -2.47. The summed E-state index contributed by atoms with van der Waals surface area (Å²) in [5, 5.41) is 0. The Balaban J connectivity index is 1.80. The van der Waals surface area contributed by atoms with Gasteiger partial charge in [-0.3, -0.25) is 14.6 Å². The van der Waals surface area contributed by atoms with Gasteiger partial charge < -0.3 is 9.30 Å². The summed E-state index contributed by atoms with van der Waals surface area (Å²) in [5.74, 6) is -0.120. The van der Waals surface area contributed by atoms with Crippen LogP contribution < -0.4 is 0 Å². The Morgan fingerprint density at radius 1 is 1.27 bits per heavy atom. The van der Waals surface area contributed by atoms with Gasteiger partial charge in [0.15, 0.2) is 0 Å². The third-order valence-corrected chi connectivity index (χ3v) is 4.32. The molecule has 2 heterocycles. The van der Waals surface area contributed by atoms with Crippen molar-refractivity contribution in [1.82, 2.24) is 19.4 Å². The van der Waals surface area contributed by atoms with Crippen molar-refractivity contribution in [3.63, 3.8) is 0 Å². The molecule has 2 rings (SSSR count). The summed E-state index contributed by atoms with van der Waals surface area (Å²) in [5.41, 5.74) is 1.27. The SMILES string of the molecule is CCOC(=O)CN1CCN(Cc2cncn2C(C)CC)CC1. The first-order chi connectivity index (χ1) is 10.6. The van der Waals surface area contributed by atoms with Crippen molar-refractivity contribution in [3.05, 3.63) is 18.2 Å². The molecule has 124 valence electrons. The summed E-state index contributed by atoms with van der Waals surface area (Å²) in [6.45, 7) is 11.8. The fourth-order valence-corrected chi connectivity index (χ4v) is 2.77. The lowest BCUT2D eigenvalue weighted by Gasteiger charge is -2.34. The average molecular weight is 308 g/mol. The molecule has 0 bridgehead atoms. The zero-order chi connectivity index (χ0) is 15.9. The number of esters is 1. The molecule has 1 atom stereocenters. The van der Waals surface area contributed by atoms with Crippen molar-refractivity contribution in [2.75, 3.05) is 39.3 Å². The van der Waals surface area contributed by atoms with Crippen LogP contribution in [0.25, 0.3) is 0 Å². The molecule has 1 aliphatic rings. The van der Waals surface area contributed by atoms with E-state index in [1.165, 1.54) is 5.69 Å². The second kappa shape index (κ2) is 8.29. The first-order valence-corrected chi connectivity index (χ1v) is 8.25. The van der Waals surface area contributed by atoms with E-state index >= 15 is 0 Å². The zero-order valence-electron chi connectivity index (χ0n) is 14.0. The minimum Gasteiger partial charge on any atom is -0.465 e. The molecule has 0 N–H and O–H groups in total. The maximum Gasteiger partial charge on any atom is 0.320 e. The van der Waals surface area contributed by atoms with E-state index in [4.69, 9.17) is 4.74 Å². The molecule has 1 aromatic heterocycles. The van der Waals surface area contributed by atoms with Gasteiger partial charge in [-0.25, -0.2) is 4.98 Å². The maximum atomic E-state index is 11.5. The van der Waals surface area contributed by atoms with Crippen molar-refractivity contribution >= 4 is 5.97 Å². The van der Waals surface area contributed by atoms with E-state index in [0.717, 1.165) is 39.1 Å². The van der Waals surface area contributed by atoms with Crippen molar-refractivity contribution in [1.29, 1.82) is 0 Å². The summed E-state index contributed by atoms with van der Waals surface area (Å²) in [4.78, 5) is 20.4. The predicted octanol–water partition coefficient (Wildman–Crippen LogP) is 1.53. The summed E-state index contributed by atoms with van der Waals surface area (Å²) < 4.78 is 7.27. The molecule has 0 radical (unpaired) electrons. The van der Waals surface area contributed by atoms with Crippen LogP contribution in [0.5, 0.6) is 0 Å². The molecule has 0 aliphatic carbocycles. The highest BCUT2D eigenvalue weighted by Crippen LogP contribution is 2.15. The molecule has 22 heavy (non-hydrogen) atoms. The van der Waals surface area contributed by atoms with Gasteiger partial charge >= 0.3 is 5.97 Å². The van der Waals surface area contributed by atoms with Crippen LogP contribution in [-0.4, -0.2) is 64.7 Å². The van der Waals surface area contributed by atoms with Crippen molar-refractivity contribution in [2.45, 2.75) is 39.8 Å². The van der Waals surface area contributed by atoms with E-state index in [-0.39, 0.29) is 5.97 Å². The Bertz CT molecular complexity index is 466. The Labute approximate surface area is 133 Å². The predicted molar refractivity (Wildman–Crippen MR) is 85.6 cm³/mol. The number of carbonyl (C=O) groups excluding carboxylic acids is 1. The third-order valence-electron chi connectivity index (χ3n) is 4.32. The summed E-state index contributed by atoms with van der Waals surface area (Å²) in [6, 6.07) is 0.489. The Morgan fingerprint density at radius 2 is 1.95 bits per heavy atom. The Hall–Kier alpha value is -1.40. The van der Waals surface area contributed by atoms with Crippen molar-refractivity contribution in [2.24, 2.45) is 0 Å². The van der Waals surface area contributed by atoms with Gasteiger partial charge in [-0.2, -0.15) is 0 Å². The molecule has 6 heteroatoms. The normalized spacial score (nSPS) is 18.3. The molecule has 0 aromatic carbocycles. The highest BCUT2D eigenvalue weighted by molar-refractivity contribution is 5.71. The number of carbonyl (C=O) groups is 1. The molecular formula is C16H28N4O2. The van der Waals surface area contributed by atoms with E-state index in [2.05, 4.69) is 33.2 Å². The molecule has 1 fully saturated rings. The van der Waals surface area contributed by atoms with Gasteiger partial charge in [0.05, 0.1) is 25.2 Å². The zero-order valence-corrected chi connectivity index (χ0v) is 14.0. The average Bonchev–Trinajstić information content (AvgIpc) is 2.97. The highest BCUT2D eigenvalue weighted by atomic mass is 16.5. The van der Waals surface area contributed by atoms with E-state index in [1.54, 1.807) is 0 Å². The second-order valence-corrected chi connectivity index (χ2v) is 5.91. The molecule has 1 aromatic rings. The quantitative estimate of drug-likeness (QED) is 0.715. The van der Waals surface area contributed by atoms with Gasteiger partial charge in [0.25, 0.3) is 0 Å². The minimum atomic E-state index is -0.120. The van der Waals surface area contributed by atoms with Crippen molar-refractivity contribution < 1.29 is 9.53 Å². The van der Waals surface area contributed by atoms with Crippen LogP contribution >= 0.6 is 0 Å². The minimum absolute atomic E-state index is 0.120. The van der Waals surface area contributed by atoms with Crippen LogP contribution in [0.2, 0.25) is 0 Å². The van der Waals surface area contributed by atoms with Crippen molar-refractivity contribution in [3.8, 4) is 0 Å². The number of imidazole rings is 1. The van der Waals surface area contributed by atoms with Crippen LogP contribution in [-0.2, 0) is 16.1 Å². The van der Waals surface area contributed by atoms with E-state index in [0.29, 0.717) is 19.2 Å². The third kappa shape index (κ3) is 4.55.